The lowest BCUT2D eigenvalue weighted by Crippen LogP contribution is -2.10. The van der Waals surface area contributed by atoms with E-state index in [1.54, 1.807) is 0 Å². The van der Waals surface area contributed by atoms with Gasteiger partial charge in [0.2, 0.25) is 0 Å². The second-order valence-electron chi connectivity index (χ2n) is 2.61. The molecule has 7 heteroatoms. The predicted octanol–water partition coefficient (Wildman–Crippen LogP) is 4.39. The summed E-state index contributed by atoms with van der Waals surface area (Å²) in [7, 11) is 0. The molecule has 0 fully saturated rings. The van der Waals surface area contributed by atoms with E-state index in [0.717, 1.165) is 0 Å². The molecule has 0 N–H and O–H groups in total. The molecule has 2 nitrogen and oxygen atoms in total. The van der Waals surface area contributed by atoms with E-state index in [1.165, 1.54) is 18.2 Å². The van der Waals surface area contributed by atoms with Crippen LogP contribution in [0.25, 0.3) is 0 Å². The van der Waals surface area contributed by atoms with E-state index < -0.39 is 11.9 Å². The largest absolute Gasteiger partial charge is 0.398 e. The van der Waals surface area contributed by atoms with Gasteiger partial charge in [-0.3, -0.25) is 0 Å². The molecule has 1 aromatic rings. The van der Waals surface area contributed by atoms with Gasteiger partial charge >= 0.3 is 6.18 Å². The zero-order chi connectivity index (χ0) is 11.5. The van der Waals surface area contributed by atoms with Gasteiger partial charge in [-0.05, 0) is 23.4 Å². The van der Waals surface area contributed by atoms with Crippen molar-refractivity contribution in [3.8, 4) is 0 Å². The predicted molar refractivity (Wildman–Crippen MR) is 53.7 cm³/mol. The fourth-order valence-electron chi connectivity index (χ4n) is 0.819. The van der Waals surface area contributed by atoms with E-state index in [4.69, 9.17) is 11.6 Å². The molecule has 0 aliphatic heterocycles. The second-order valence-corrected chi connectivity index (χ2v) is 4.03. The van der Waals surface area contributed by atoms with Crippen molar-refractivity contribution in [3.05, 3.63) is 28.1 Å². The molecule has 0 aliphatic carbocycles. The molecule has 15 heavy (non-hydrogen) atoms. The maximum atomic E-state index is 11.9. The number of halogens is 4. The van der Waals surface area contributed by atoms with E-state index in [1.807, 2.05) is 0 Å². The number of rotatable bonds is 3. The Hall–Kier alpha value is -0.750. The van der Waals surface area contributed by atoms with Crippen LogP contribution in [-0.2, 0) is 0 Å². The van der Waals surface area contributed by atoms with Gasteiger partial charge in [0.1, 0.15) is 5.69 Å². The summed E-state index contributed by atoms with van der Waals surface area (Å²) in [5.41, 5.74) is 0.0593. The Labute approximate surface area is 92.8 Å². The van der Waals surface area contributed by atoms with Gasteiger partial charge in [-0.25, -0.2) is 0 Å². The van der Waals surface area contributed by atoms with Gasteiger partial charge in [0, 0.05) is 4.90 Å². The van der Waals surface area contributed by atoms with Crippen molar-refractivity contribution in [1.82, 2.24) is 0 Å². The minimum Gasteiger partial charge on any atom is -0.170 e. The fourth-order valence-corrected chi connectivity index (χ4v) is 1.83. The van der Waals surface area contributed by atoms with Crippen LogP contribution in [-0.4, -0.2) is 11.9 Å². The number of hydrogen-bond acceptors (Lipinski definition) is 3. The van der Waals surface area contributed by atoms with Crippen molar-refractivity contribution < 1.29 is 13.2 Å². The Balaban J connectivity index is 2.80. The molecule has 0 aromatic heterocycles. The molecule has 1 aromatic carbocycles. The van der Waals surface area contributed by atoms with Crippen LogP contribution in [0, 0.1) is 4.91 Å². The molecule has 0 saturated heterocycles. The van der Waals surface area contributed by atoms with Crippen LogP contribution in [0.5, 0.6) is 0 Å². The number of nitrogens with zero attached hydrogens (tertiary/aromatic N) is 1. The van der Waals surface area contributed by atoms with Crippen LogP contribution >= 0.6 is 23.4 Å². The number of benzene rings is 1. The summed E-state index contributed by atoms with van der Waals surface area (Å²) in [6, 6.07) is 3.91. The minimum absolute atomic E-state index is 0.0593. The van der Waals surface area contributed by atoms with Crippen molar-refractivity contribution in [2.75, 3.05) is 5.75 Å². The van der Waals surface area contributed by atoms with E-state index in [0.29, 0.717) is 11.8 Å². The van der Waals surface area contributed by atoms with Crippen LogP contribution in [0.3, 0.4) is 0 Å². The van der Waals surface area contributed by atoms with Gasteiger partial charge < -0.3 is 0 Å². The second kappa shape index (κ2) is 4.85. The number of nitroso groups, excluding NO2 is 1. The van der Waals surface area contributed by atoms with E-state index in [9.17, 15) is 18.1 Å². The van der Waals surface area contributed by atoms with E-state index in [2.05, 4.69) is 5.18 Å². The lowest BCUT2D eigenvalue weighted by molar-refractivity contribution is -0.105. The summed E-state index contributed by atoms with van der Waals surface area (Å²) < 4.78 is 35.7. The summed E-state index contributed by atoms with van der Waals surface area (Å²) in [6.45, 7) is 0. The van der Waals surface area contributed by atoms with Crippen molar-refractivity contribution in [2.45, 2.75) is 11.1 Å². The smallest absolute Gasteiger partial charge is 0.170 e. The highest BCUT2D eigenvalue weighted by atomic mass is 35.5. The third-order valence-electron chi connectivity index (χ3n) is 1.41. The lowest BCUT2D eigenvalue weighted by atomic mass is 10.3. The van der Waals surface area contributed by atoms with Crippen LogP contribution in [0.1, 0.15) is 0 Å². The van der Waals surface area contributed by atoms with Crippen molar-refractivity contribution in [2.24, 2.45) is 5.18 Å². The molecule has 0 heterocycles. The van der Waals surface area contributed by atoms with Crippen molar-refractivity contribution in [1.29, 1.82) is 0 Å². The first-order valence-electron chi connectivity index (χ1n) is 3.75. The van der Waals surface area contributed by atoms with Gasteiger partial charge in [0.25, 0.3) is 0 Å². The summed E-state index contributed by atoms with van der Waals surface area (Å²) in [4.78, 5) is 10.3. The van der Waals surface area contributed by atoms with Gasteiger partial charge in [0.15, 0.2) is 0 Å². The minimum atomic E-state index is -4.27. The lowest BCUT2D eigenvalue weighted by Gasteiger charge is -2.07. The summed E-state index contributed by atoms with van der Waals surface area (Å²) in [6.07, 6.45) is -4.27. The molecule has 82 valence electrons. The monoisotopic (exact) mass is 255 g/mol. The van der Waals surface area contributed by atoms with Crippen LogP contribution in [0.4, 0.5) is 18.9 Å². The highest BCUT2D eigenvalue weighted by molar-refractivity contribution is 7.99. The molecule has 0 atom stereocenters. The maximum Gasteiger partial charge on any atom is 0.398 e. The maximum absolute atomic E-state index is 11.9. The quantitative estimate of drug-likeness (QED) is 0.592. The Kier molecular flexibility index (Phi) is 3.98. The summed E-state index contributed by atoms with van der Waals surface area (Å²) in [5, 5.41) is 2.79. The summed E-state index contributed by atoms with van der Waals surface area (Å²) in [5.74, 6) is -1.05. The topological polar surface area (TPSA) is 29.4 Å². The molecule has 0 unspecified atom stereocenters. The Morgan fingerprint density at radius 2 is 2.07 bits per heavy atom. The molecular formula is C8H5ClF3NOS. The first kappa shape index (κ1) is 12.3. The Morgan fingerprint density at radius 3 is 2.60 bits per heavy atom. The van der Waals surface area contributed by atoms with Crippen molar-refractivity contribution in [3.63, 3.8) is 0 Å². The molecule has 0 saturated carbocycles. The third kappa shape index (κ3) is 4.09. The first-order valence-corrected chi connectivity index (χ1v) is 5.11. The molecule has 0 spiro atoms. The molecular weight excluding hydrogens is 251 g/mol. The van der Waals surface area contributed by atoms with Gasteiger partial charge in [0.05, 0.1) is 10.8 Å². The molecule has 1 rings (SSSR count). The van der Waals surface area contributed by atoms with E-state index in [-0.39, 0.29) is 15.6 Å². The highest BCUT2D eigenvalue weighted by Crippen LogP contribution is 2.34. The first-order chi connectivity index (χ1) is 6.92. The highest BCUT2D eigenvalue weighted by Gasteiger charge is 2.27. The van der Waals surface area contributed by atoms with Gasteiger partial charge in [-0.2, -0.15) is 13.2 Å². The average molecular weight is 256 g/mol. The number of thioether (sulfide) groups is 1. The molecule has 0 amide bonds. The van der Waals surface area contributed by atoms with Crippen LogP contribution in [0.2, 0.25) is 5.02 Å². The SMILES string of the molecule is O=Nc1ccc(Cl)c(SCC(F)(F)F)c1. The van der Waals surface area contributed by atoms with Gasteiger partial charge in [-0.1, -0.05) is 11.6 Å². The number of hydrogen-bond donors (Lipinski definition) is 0. The Bertz CT molecular complexity index is 369. The normalized spacial score (nSPS) is 11.5. The zero-order valence-electron chi connectivity index (χ0n) is 7.21. The van der Waals surface area contributed by atoms with Crippen LogP contribution < -0.4 is 0 Å². The standard InChI is InChI=1S/C8H5ClF3NOS/c9-6-2-1-5(13-14)3-7(6)15-4-8(10,11)12/h1-3H,4H2. The van der Waals surface area contributed by atoms with E-state index >= 15 is 0 Å². The molecule has 0 aliphatic rings. The van der Waals surface area contributed by atoms with Gasteiger partial charge in [-0.15, -0.1) is 16.7 Å². The Morgan fingerprint density at radius 1 is 1.40 bits per heavy atom. The third-order valence-corrected chi connectivity index (χ3v) is 2.97. The molecule has 0 bridgehead atoms. The number of alkyl halides is 3. The summed E-state index contributed by atoms with van der Waals surface area (Å²) >= 11 is 6.18. The van der Waals surface area contributed by atoms with Crippen LogP contribution in [0.15, 0.2) is 28.3 Å². The van der Waals surface area contributed by atoms with Crippen molar-refractivity contribution >= 4 is 29.1 Å². The fraction of sp³-hybridized carbons (Fsp3) is 0.250. The molecule has 0 radical (unpaired) electrons. The average Bonchev–Trinajstić information content (AvgIpc) is 2.15. The zero-order valence-corrected chi connectivity index (χ0v) is 8.79.